The maximum atomic E-state index is 12.2. The van der Waals surface area contributed by atoms with Crippen molar-refractivity contribution < 1.29 is 43.0 Å². The standard InChI is InChI=1S/C21H24N4O3S2.C19H22N4O2S2.C16H16N4OS2.C10H18N2O3.C8H5N3S/c1-11(26)23-18-17(19-25-14-10-22-8-7-15(14)29-19)13-6-5-12(9-16(13)30-18)24-20(27)28-21(2,3)4;1-19(2,3)25-18(24)22-10-4-5-11-14(8-10)26-16(20)15(11)17-23-12-9-21-7-6-13(12)27-17;1-8(21)19-15-14(10-3-2-9(17)6-13(10)23-15)16-20-11-7-18-5-4-12(11)22-16;1-10(2,3)15-9(14)11-12-6-4-8(13)5-7-12;9-3-1-8-11-6-5-10-4-2-7(6)12-8/h7-8,10,12H,5-6,9H2,1-4H3,(H,23,26)(H,24,27);6-7,9-10H,4-5,8,20H2,1-3H3,(H,22,24);4-5,7,9H,2-3,6,17H2,1H3,(H,19,21);4-7H2,1-3H3,(H,11,14);2,4-5H,1H2. The number of hydrogen-bond donors (Lipinski definition) is 7. The molecule has 4 aliphatic rings. The molecule has 107 heavy (non-hydrogen) atoms. The highest BCUT2D eigenvalue weighted by atomic mass is 32.1. The van der Waals surface area contributed by atoms with E-state index in [9.17, 15) is 28.8 Å². The molecular weight excluding hydrogens is 1500 g/mol. The summed E-state index contributed by atoms with van der Waals surface area (Å²) in [6.45, 7) is 20.8. The number of nitrogens with one attached hydrogen (secondary N) is 5. The van der Waals surface area contributed by atoms with Crippen molar-refractivity contribution >= 4 is 171 Å². The van der Waals surface area contributed by atoms with Crippen LogP contribution in [0.2, 0.25) is 0 Å². The van der Waals surface area contributed by atoms with Gasteiger partial charge in [-0.1, -0.05) is 0 Å². The van der Waals surface area contributed by atoms with Gasteiger partial charge in [-0.15, -0.1) is 79.4 Å². The lowest BCUT2D eigenvalue weighted by Crippen LogP contribution is -2.48. The summed E-state index contributed by atoms with van der Waals surface area (Å²) in [7, 11) is 0. The monoisotopic (exact) mass is 1580 g/mol. The second-order valence-corrected chi connectivity index (χ2v) is 36.3. The number of nitrogen functional groups attached to an aromatic ring is 1. The number of thiophene rings is 3. The molecule has 1 saturated heterocycles. The van der Waals surface area contributed by atoms with Gasteiger partial charge in [0, 0.05) is 127 Å². The molecule has 3 atom stereocenters. The molecule has 11 aromatic rings. The first kappa shape index (κ1) is 78.9. The van der Waals surface area contributed by atoms with Crippen LogP contribution in [0.25, 0.3) is 72.6 Å². The van der Waals surface area contributed by atoms with E-state index in [2.05, 4.69) is 57.7 Å². The molecule has 0 saturated carbocycles. The minimum atomic E-state index is -0.527. The van der Waals surface area contributed by atoms with Crippen LogP contribution < -0.4 is 38.2 Å². The molecule has 1 aliphatic heterocycles. The molecule has 15 rings (SSSR count). The summed E-state index contributed by atoms with van der Waals surface area (Å²) in [4.78, 5) is 108. The van der Waals surface area contributed by atoms with E-state index in [0.717, 1.165) is 144 Å². The second kappa shape index (κ2) is 34.4. The van der Waals surface area contributed by atoms with Gasteiger partial charge in [-0.25, -0.2) is 39.3 Å². The van der Waals surface area contributed by atoms with Crippen LogP contribution in [0.3, 0.4) is 0 Å². The molecular formula is C74H85N17O9S7. The number of nitriles is 1. The number of amides is 5. The molecule has 0 aromatic carbocycles. The van der Waals surface area contributed by atoms with E-state index in [1.54, 1.807) is 134 Å². The van der Waals surface area contributed by atoms with Gasteiger partial charge in [0.25, 0.3) is 0 Å². The number of piperidine rings is 1. The maximum absolute atomic E-state index is 12.2. The van der Waals surface area contributed by atoms with Crippen molar-refractivity contribution in [3.05, 3.63) is 110 Å². The van der Waals surface area contributed by atoms with Gasteiger partial charge in [-0.2, -0.15) is 5.26 Å². The molecule has 11 aromatic heterocycles. The molecule has 12 heterocycles. The molecule has 26 nitrogen and oxygen atoms in total. The largest absolute Gasteiger partial charge is 0.444 e. The normalized spacial score (nSPS) is 16.3. The first-order valence-corrected chi connectivity index (χ1v) is 40.5. The number of nitrogens with two attached hydrogens (primary N) is 2. The first-order valence-electron chi connectivity index (χ1n) is 34.8. The summed E-state index contributed by atoms with van der Waals surface area (Å²) in [6.07, 6.45) is 21.9. The molecule has 3 aliphatic carbocycles. The number of thiazole rings is 4. The van der Waals surface area contributed by atoms with Crippen LogP contribution in [0.5, 0.6) is 0 Å². The number of hydrogen-bond acceptors (Lipinski definition) is 28. The van der Waals surface area contributed by atoms with Crippen molar-refractivity contribution in [1.29, 1.82) is 5.26 Å². The fraction of sp³-hybridized carbons (Fsp3) is 0.419. The van der Waals surface area contributed by atoms with Crippen LogP contribution in [0, 0.1) is 11.3 Å². The highest BCUT2D eigenvalue weighted by molar-refractivity contribution is 7.24. The van der Waals surface area contributed by atoms with Gasteiger partial charge in [0.15, 0.2) is 0 Å². The number of carbonyl (C=O) groups is 6. The van der Waals surface area contributed by atoms with Crippen LogP contribution in [0.1, 0.15) is 145 Å². The zero-order chi connectivity index (χ0) is 76.5. The number of rotatable bonds is 9. The van der Waals surface area contributed by atoms with E-state index in [1.807, 2.05) is 86.6 Å². The summed E-state index contributed by atoms with van der Waals surface area (Å²) in [5.74, 6) is 0.0789. The molecule has 0 bridgehead atoms. The zero-order valence-electron chi connectivity index (χ0n) is 61.2. The Kier molecular flexibility index (Phi) is 25.4. The fourth-order valence-electron chi connectivity index (χ4n) is 12.1. The Morgan fingerprint density at radius 2 is 0.907 bits per heavy atom. The highest BCUT2D eigenvalue weighted by Crippen LogP contribution is 2.49. The molecule has 1 fully saturated rings. The number of Topliss-reactive ketones (excluding diaryl/α,β-unsaturated/α-hetero) is 1. The van der Waals surface area contributed by atoms with E-state index in [0.29, 0.717) is 38.8 Å². The van der Waals surface area contributed by atoms with E-state index in [1.165, 1.54) is 45.2 Å². The highest BCUT2D eigenvalue weighted by Gasteiger charge is 2.33. The minimum absolute atomic E-state index is 0.00333. The van der Waals surface area contributed by atoms with Crippen molar-refractivity contribution in [3.63, 3.8) is 0 Å². The number of ether oxygens (including phenoxy) is 3. The Morgan fingerprint density at radius 3 is 1.32 bits per heavy atom. The van der Waals surface area contributed by atoms with E-state index < -0.39 is 29.0 Å². The van der Waals surface area contributed by atoms with Crippen molar-refractivity contribution in [2.75, 3.05) is 29.5 Å². The lowest BCUT2D eigenvalue weighted by Gasteiger charge is -2.28. The van der Waals surface area contributed by atoms with Gasteiger partial charge in [0.2, 0.25) is 11.8 Å². The third kappa shape index (κ3) is 21.4. The summed E-state index contributed by atoms with van der Waals surface area (Å²) < 4.78 is 20.2. The number of anilines is 3. The maximum Gasteiger partial charge on any atom is 0.422 e. The van der Waals surface area contributed by atoms with E-state index >= 15 is 0 Å². The number of nitrogens with zero attached hydrogens (tertiary/aromatic N) is 10. The van der Waals surface area contributed by atoms with Crippen molar-refractivity contribution in [2.45, 2.75) is 188 Å². The molecule has 3 unspecified atom stereocenters. The number of aromatic nitrogens is 8. The topological polar surface area (TPSA) is 372 Å². The zero-order valence-corrected chi connectivity index (χ0v) is 66.9. The Balaban J connectivity index is 0.000000138. The van der Waals surface area contributed by atoms with Crippen molar-refractivity contribution in [1.82, 2.24) is 60.9 Å². The van der Waals surface area contributed by atoms with E-state index in [4.69, 9.17) is 45.9 Å². The van der Waals surface area contributed by atoms with Gasteiger partial charge in [-0.3, -0.25) is 39.7 Å². The summed E-state index contributed by atoms with van der Waals surface area (Å²) in [5.41, 5.74) is 24.0. The predicted octanol–water partition coefficient (Wildman–Crippen LogP) is 15.2. The number of fused-ring (bicyclic) bond motifs is 7. The Bertz CT molecular complexity index is 4960. The van der Waals surface area contributed by atoms with Gasteiger partial charge in [0.1, 0.15) is 69.2 Å². The SMILES string of the molecule is CC(=O)Nc1sc2c(c1-c1nc3cnccc3s1)CCC(N)C2.CC(=O)Nc1sc2c(c1-c1nc3cnccc3s1)CCC(NC(=O)OC(C)(C)C)C2.CC(C)(C)OC(=O)NC1CCc2c(sc(N)c2-c2nc3cnccc3s2)C1.CC(C)(C)OC(=O)NN1CCC(=O)CC1.N#CCc1nc2cnccc2s1. The molecule has 0 radical (unpaired) electrons. The second-order valence-electron chi connectivity index (χ2n) is 28.7. The Labute approximate surface area is 646 Å². The molecule has 562 valence electrons. The smallest absolute Gasteiger partial charge is 0.422 e. The summed E-state index contributed by atoms with van der Waals surface area (Å²) in [6, 6.07) is 10.2. The van der Waals surface area contributed by atoms with Gasteiger partial charge >= 0.3 is 18.3 Å². The van der Waals surface area contributed by atoms with Crippen LogP contribution in [0.4, 0.5) is 29.4 Å². The minimum Gasteiger partial charge on any atom is -0.444 e. The third-order valence-electron chi connectivity index (χ3n) is 16.5. The van der Waals surface area contributed by atoms with Crippen molar-refractivity contribution in [2.24, 2.45) is 5.73 Å². The number of carbonyl (C=O) groups excluding carboxylic acids is 6. The van der Waals surface area contributed by atoms with E-state index in [-0.39, 0.29) is 41.8 Å². The average Bonchev–Trinajstić information content (AvgIpc) is 1.63. The third-order valence-corrected chi connectivity index (χ3v) is 24.1. The number of pyridine rings is 4. The van der Waals surface area contributed by atoms with Gasteiger partial charge in [-0.05, 0) is 148 Å². The predicted molar refractivity (Wildman–Crippen MR) is 427 cm³/mol. The average molecular weight is 1580 g/mol. The quantitative estimate of drug-likeness (QED) is 0.0660. The molecule has 5 amide bonds. The molecule has 9 N–H and O–H groups in total. The Hall–Kier alpha value is -9.11. The summed E-state index contributed by atoms with van der Waals surface area (Å²) in [5, 5.41) is 28.2. The fourth-order valence-corrected chi connectivity index (χ4v) is 20.2. The number of hydrazine groups is 1. The number of ketones is 1. The van der Waals surface area contributed by atoms with Crippen molar-refractivity contribution in [3.8, 4) is 37.8 Å². The molecule has 33 heteroatoms. The van der Waals surface area contributed by atoms with Crippen LogP contribution in [0.15, 0.2) is 73.8 Å². The van der Waals surface area contributed by atoms with Gasteiger partial charge in [0.05, 0.1) is 66.6 Å². The first-order chi connectivity index (χ1) is 50.9. The van der Waals surface area contributed by atoms with Crippen LogP contribution in [-0.4, -0.2) is 129 Å². The molecule has 0 spiro atoms. The van der Waals surface area contributed by atoms with Crippen LogP contribution in [-0.2, 0) is 73.5 Å². The Morgan fingerprint density at radius 1 is 0.523 bits per heavy atom. The number of alkyl carbamates (subject to hydrolysis) is 2. The summed E-state index contributed by atoms with van der Waals surface area (Å²) >= 11 is 11.2. The van der Waals surface area contributed by atoms with Crippen LogP contribution >= 0.6 is 79.4 Å². The van der Waals surface area contributed by atoms with Gasteiger partial charge < -0.3 is 46.9 Å². The lowest BCUT2D eigenvalue weighted by atomic mass is 9.92. The lowest BCUT2D eigenvalue weighted by molar-refractivity contribution is -0.122.